The third-order valence-corrected chi connectivity index (χ3v) is 4.02. The summed E-state index contributed by atoms with van der Waals surface area (Å²) in [6.45, 7) is 0. The lowest BCUT2D eigenvalue weighted by Gasteiger charge is -2.18. The van der Waals surface area contributed by atoms with Crippen molar-refractivity contribution in [2.75, 3.05) is 35.5 Å². The third kappa shape index (κ3) is 4.38. The molecule has 7 nitrogen and oxygen atoms in total. The smallest absolute Gasteiger partial charge is 0.203 e. The number of aliphatic hydroxyl groups is 1. The second-order valence-corrected chi connectivity index (χ2v) is 5.54. The molecule has 0 radical (unpaired) electrons. The first kappa shape index (κ1) is 20.3. The van der Waals surface area contributed by atoms with Crippen LogP contribution in [0.2, 0.25) is 0 Å². The van der Waals surface area contributed by atoms with Gasteiger partial charge in [-0.2, -0.15) is 0 Å². The zero-order chi connectivity index (χ0) is 20.0. The summed E-state index contributed by atoms with van der Waals surface area (Å²) in [6.07, 6.45) is 0.528. The number of methoxy groups -OCH3 is 5. The average molecular weight is 376 g/mol. The van der Waals surface area contributed by atoms with Crippen molar-refractivity contribution >= 4 is 6.08 Å². The Morgan fingerprint density at radius 2 is 1.44 bits per heavy atom. The van der Waals surface area contributed by atoms with Crippen molar-refractivity contribution in [2.24, 2.45) is 0 Å². The minimum Gasteiger partial charge on any atom is -0.504 e. The lowest BCUT2D eigenvalue weighted by molar-refractivity contribution is 0.131. The van der Waals surface area contributed by atoms with Gasteiger partial charge in [0.1, 0.15) is 11.9 Å². The summed E-state index contributed by atoms with van der Waals surface area (Å²) in [5.74, 6) is 1.89. The average Bonchev–Trinajstić information content (AvgIpc) is 2.70. The first-order valence-corrected chi connectivity index (χ1v) is 8.09. The van der Waals surface area contributed by atoms with Gasteiger partial charge in [0.2, 0.25) is 5.75 Å². The molecule has 0 heterocycles. The monoisotopic (exact) mass is 376 g/mol. The highest BCUT2D eigenvalue weighted by molar-refractivity contribution is 5.59. The van der Waals surface area contributed by atoms with Crippen LogP contribution in [0.1, 0.15) is 17.2 Å². The minimum absolute atomic E-state index is 0.0102. The van der Waals surface area contributed by atoms with Gasteiger partial charge in [0.15, 0.2) is 23.0 Å². The van der Waals surface area contributed by atoms with Gasteiger partial charge in [0.05, 0.1) is 35.5 Å². The van der Waals surface area contributed by atoms with Gasteiger partial charge in [0, 0.05) is 0 Å². The number of ether oxygens (including phenoxy) is 5. The summed E-state index contributed by atoms with van der Waals surface area (Å²) in [5, 5.41) is 20.7. The summed E-state index contributed by atoms with van der Waals surface area (Å²) in [4.78, 5) is 0. The van der Waals surface area contributed by atoms with Crippen LogP contribution in [0.3, 0.4) is 0 Å². The van der Waals surface area contributed by atoms with Crippen LogP contribution >= 0.6 is 0 Å². The molecule has 2 aromatic carbocycles. The maximum Gasteiger partial charge on any atom is 0.203 e. The largest absolute Gasteiger partial charge is 0.504 e. The molecule has 0 saturated heterocycles. The SMILES string of the molecule is COC(=Cc1ccc(OC)c(O)c1)C(O)c1cc(OC)c(OC)c(OC)c1. The van der Waals surface area contributed by atoms with Crippen LogP contribution in [0.15, 0.2) is 36.1 Å². The highest BCUT2D eigenvalue weighted by Gasteiger charge is 2.21. The Morgan fingerprint density at radius 1 is 0.852 bits per heavy atom. The highest BCUT2D eigenvalue weighted by Crippen LogP contribution is 2.41. The number of phenols is 1. The minimum atomic E-state index is -1.09. The normalized spacial score (nSPS) is 12.3. The van der Waals surface area contributed by atoms with Crippen LogP contribution < -0.4 is 18.9 Å². The third-order valence-electron chi connectivity index (χ3n) is 4.02. The van der Waals surface area contributed by atoms with E-state index >= 15 is 0 Å². The summed E-state index contributed by atoms with van der Waals surface area (Å²) < 4.78 is 26.3. The molecule has 0 saturated carbocycles. The first-order valence-electron chi connectivity index (χ1n) is 8.09. The standard InChI is InChI=1S/C20H24O7/c1-23-15-7-6-12(8-14(15)21)9-16(24-2)19(22)13-10-17(25-3)20(27-5)18(11-13)26-4/h6-11,19,21-22H,1-5H3. The van der Waals surface area contributed by atoms with Gasteiger partial charge in [-0.1, -0.05) is 6.07 Å². The van der Waals surface area contributed by atoms with Gasteiger partial charge in [-0.05, 0) is 41.5 Å². The van der Waals surface area contributed by atoms with Gasteiger partial charge in [-0.25, -0.2) is 0 Å². The number of aromatic hydroxyl groups is 1. The number of hydrogen-bond acceptors (Lipinski definition) is 7. The molecule has 0 aliphatic carbocycles. The molecule has 7 heteroatoms. The van der Waals surface area contributed by atoms with Crippen LogP contribution in [-0.2, 0) is 4.74 Å². The molecule has 0 aromatic heterocycles. The highest BCUT2D eigenvalue weighted by atomic mass is 16.5. The fourth-order valence-corrected chi connectivity index (χ4v) is 2.63. The van der Waals surface area contributed by atoms with Crippen LogP contribution in [0.25, 0.3) is 6.08 Å². The predicted octanol–water partition coefficient (Wildman–Crippen LogP) is 3.15. The second-order valence-electron chi connectivity index (χ2n) is 5.54. The van der Waals surface area contributed by atoms with Crippen molar-refractivity contribution < 1.29 is 33.9 Å². The number of hydrogen-bond donors (Lipinski definition) is 2. The van der Waals surface area contributed by atoms with E-state index in [-0.39, 0.29) is 11.5 Å². The molecule has 0 aliphatic rings. The van der Waals surface area contributed by atoms with Gasteiger partial charge < -0.3 is 33.9 Å². The van der Waals surface area contributed by atoms with E-state index in [1.807, 2.05) is 0 Å². The van der Waals surface area contributed by atoms with E-state index < -0.39 is 6.10 Å². The Labute approximate surface area is 158 Å². The lowest BCUT2D eigenvalue weighted by atomic mass is 10.0. The lowest BCUT2D eigenvalue weighted by Crippen LogP contribution is -2.05. The van der Waals surface area contributed by atoms with Crippen LogP contribution in [-0.4, -0.2) is 45.8 Å². The Balaban J connectivity index is 2.44. The number of benzene rings is 2. The van der Waals surface area contributed by atoms with E-state index in [4.69, 9.17) is 23.7 Å². The quantitative estimate of drug-likeness (QED) is 0.685. The molecule has 0 aliphatic heterocycles. The van der Waals surface area contributed by atoms with Crippen LogP contribution in [0, 0.1) is 0 Å². The number of aliphatic hydroxyl groups excluding tert-OH is 1. The Morgan fingerprint density at radius 3 is 1.89 bits per heavy atom. The summed E-state index contributed by atoms with van der Waals surface area (Å²) in [5.41, 5.74) is 1.13. The fourth-order valence-electron chi connectivity index (χ4n) is 2.63. The van der Waals surface area contributed by atoms with Gasteiger partial charge in [0.25, 0.3) is 0 Å². The first-order chi connectivity index (χ1) is 13.0. The van der Waals surface area contributed by atoms with Crippen molar-refractivity contribution in [3.63, 3.8) is 0 Å². The van der Waals surface area contributed by atoms with Crippen molar-refractivity contribution in [2.45, 2.75) is 6.10 Å². The van der Waals surface area contributed by atoms with E-state index in [1.54, 1.807) is 30.3 Å². The molecule has 0 fully saturated rings. The maximum atomic E-state index is 10.8. The van der Waals surface area contributed by atoms with E-state index in [9.17, 15) is 10.2 Å². The molecule has 1 unspecified atom stereocenters. The molecular formula is C20H24O7. The predicted molar refractivity (Wildman–Crippen MR) is 101 cm³/mol. The Bertz CT molecular complexity index is 789. The van der Waals surface area contributed by atoms with E-state index in [1.165, 1.54) is 41.6 Å². The van der Waals surface area contributed by atoms with E-state index in [2.05, 4.69) is 0 Å². The van der Waals surface area contributed by atoms with E-state index in [0.717, 1.165) is 0 Å². The molecule has 2 N–H and O–H groups in total. The fraction of sp³-hybridized carbons (Fsp3) is 0.300. The molecule has 0 amide bonds. The van der Waals surface area contributed by atoms with Crippen molar-refractivity contribution in [3.8, 4) is 28.7 Å². The van der Waals surface area contributed by atoms with Crippen molar-refractivity contribution in [1.29, 1.82) is 0 Å². The molecular weight excluding hydrogens is 352 g/mol. The summed E-state index contributed by atoms with van der Waals surface area (Å²) >= 11 is 0. The molecule has 2 aromatic rings. The van der Waals surface area contributed by atoms with E-state index in [0.29, 0.717) is 34.1 Å². The number of phenolic OH excluding ortho intramolecular Hbond substituents is 1. The zero-order valence-electron chi connectivity index (χ0n) is 16.0. The zero-order valence-corrected chi connectivity index (χ0v) is 16.0. The molecule has 27 heavy (non-hydrogen) atoms. The molecule has 2 rings (SSSR count). The summed E-state index contributed by atoms with van der Waals surface area (Å²) in [6, 6.07) is 8.16. The topological polar surface area (TPSA) is 86.6 Å². The number of rotatable bonds is 8. The molecule has 0 bridgehead atoms. The van der Waals surface area contributed by atoms with Gasteiger partial charge in [-0.15, -0.1) is 0 Å². The second kappa shape index (κ2) is 9.05. The Hall–Kier alpha value is -3.06. The van der Waals surface area contributed by atoms with Gasteiger partial charge >= 0.3 is 0 Å². The van der Waals surface area contributed by atoms with Crippen LogP contribution in [0.5, 0.6) is 28.7 Å². The summed E-state index contributed by atoms with van der Waals surface area (Å²) in [7, 11) is 7.43. The van der Waals surface area contributed by atoms with Crippen LogP contribution in [0.4, 0.5) is 0 Å². The maximum absolute atomic E-state index is 10.8. The Kier molecular flexibility index (Phi) is 6.79. The van der Waals surface area contributed by atoms with Crippen molar-refractivity contribution in [3.05, 3.63) is 47.2 Å². The van der Waals surface area contributed by atoms with Crippen molar-refractivity contribution in [1.82, 2.24) is 0 Å². The molecule has 0 spiro atoms. The molecule has 1 atom stereocenters. The molecule has 146 valence electrons. The van der Waals surface area contributed by atoms with Gasteiger partial charge in [-0.3, -0.25) is 0 Å².